The predicted octanol–water partition coefficient (Wildman–Crippen LogP) is 3.06. The van der Waals surface area contributed by atoms with E-state index in [-0.39, 0.29) is 6.54 Å². The van der Waals surface area contributed by atoms with Crippen LogP contribution >= 0.6 is 0 Å². The molecule has 1 rings (SSSR count). The molecule has 2 nitrogen and oxygen atoms in total. The van der Waals surface area contributed by atoms with Gasteiger partial charge in [0, 0.05) is 13.1 Å². The lowest BCUT2D eigenvalue weighted by molar-refractivity contribution is -0.207. The quantitative estimate of drug-likeness (QED) is 0.864. The first kappa shape index (κ1) is 16.8. The Hall–Kier alpha value is -1.28. The van der Waals surface area contributed by atoms with E-state index in [9.17, 15) is 26.3 Å². The molecule has 0 saturated heterocycles. The number of hydrogen-bond acceptors (Lipinski definition) is 2. The molecule has 0 aliphatic rings. The molecule has 8 heteroatoms. The topological polar surface area (TPSA) is 23.5 Å². The molecule has 1 N–H and O–H groups in total. The second kappa shape index (κ2) is 6.01. The molecule has 0 heterocycles. The van der Waals surface area contributed by atoms with Gasteiger partial charge in [0.05, 0.1) is 5.56 Å². The van der Waals surface area contributed by atoms with Crippen molar-refractivity contribution in [1.82, 2.24) is 4.90 Å². The summed E-state index contributed by atoms with van der Waals surface area (Å²) in [4.78, 5) is 1.18. The molecule has 1 unspecified atom stereocenters. The number of nitrogens with zero attached hydrogens (tertiary/aromatic N) is 1. The number of hydrogen-bond donors (Lipinski definition) is 1. The van der Waals surface area contributed by atoms with Crippen LogP contribution in [0.5, 0.6) is 0 Å². The van der Waals surface area contributed by atoms with Crippen molar-refractivity contribution in [3.8, 4) is 0 Å². The molecule has 1 aromatic carbocycles. The van der Waals surface area contributed by atoms with E-state index in [0.717, 1.165) is 12.1 Å². The van der Waals surface area contributed by atoms with Gasteiger partial charge in [0.15, 0.2) is 6.10 Å². The summed E-state index contributed by atoms with van der Waals surface area (Å²) in [5, 5.41) is 8.87. The van der Waals surface area contributed by atoms with Crippen LogP contribution in [0.4, 0.5) is 26.3 Å². The van der Waals surface area contributed by atoms with Crippen LogP contribution in [0.1, 0.15) is 11.1 Å². The number of likely N-dealkylation sites (N-methyl/N-ethyl adjacent to an activating group) is 1. The maximum atomic E-state index is 12.3. The van der Waals surface area contributed by atoms with Crippen molar-refractivity contribution in [3.63, 3.8) is 0 Å². The zero-order valence-electron chi connectivity index (χ0n) is 10.5. The van der Waals surface area contributed by atoms with Crippen molar-refractivity contribution in [2.24, 2.45) is 0 Å². The molecule has 0 fully saturated rings. The highest BCUT2D eigenvalue weighted by Crippen LogP contribution is 2.29. The Labute approximate surface area is 111 Å². The highest BCUT2D eigenvalue weighted by Gasteiger charge is 2.38. The Morgan fingerprint density at radius 3 is 1.95 bits per heavy atom. The normalized spacial score (nSPS) is 14.7. The summed E-state index contributed by atoms with van der Waals surface area (Å²) in [5.41, 5.74) is -0.394. The van der Waals surface area contributed by atoms with E-state index in [1.807, 2.05) is 0 Å². The average molecular weight is 301 g/mol. The summed E-state index contributed by atoms with van der Waals surface area (Å²) in [6.45, 7) is -0.643. The monoisotopic (exact) mass is 301 g/mol. The summed E-state index contributed by atoms with van der Waals surface area (Å²) in [7, 11) is 1.34. The van der Waals surface area contributed by atoms with Gasteiger partial charge in [-0.3, -0.25) is 4.90 Å². The maximum absolute atomic E-state index is 12.3. The van der Waals surface area contributed by atoms with Crippen molar-refractivity contribution in [2.45, 2.75) is 25.0 Å². The number of rotatable bonds is 4. The van der Waals surface area contributed by atoms with E-state index < -0.39 is 30.6 Å². The van der Waals surface area contributed by atoms with Gasteiger partial charge in [0.2, 0.25) is 0 Å². The van der Waals surface area contributed by atoms with Crippen molar-refractivity contribution in [1.29, 1.82) is 0 Å². The van der Waals surface area contributed by atoms with E-state index in [1.54, 1.807) is 0 Å². The van der Waals surface area contributed by atoms with E-state index in [0.29, 0.717) is 5.56 Å². The zero-order chi connectivity index (χ0) is 15.6. The molecule has 0 aliphatic heterocycles. The lowest BCUT2D eigenvalue weighted by Gasteiger charge is -2.22. The van der Waals surface area contributed by atoms with Gasteiger partial charge in [-0.2, -0.15) is 26.3 Å². The first-order valence-corrected chi connectivity index (χ1v) is 5.59. The molecule has 0 amide bonds. The Kier molecular flexibility index (Phi) is 5.04. The highest BCUT2D eigenvalue weighted by molar-refractivity contribution is 5.24. The predicted molar refractivity (Wildman–Crippen MR) is 59.8 cm³/mol. The average Bonchev–Trinajstić information content (AvgIpc) is 2.26. The van der Waals surface area contributed by atoms with Crippen LogP contribution in [0.2, 0.25) is 0 Å². The van der Waals surface area contributed by atoms with Gasteiger partial charge < -0.3 is 5.11 Å². The van der Waals surface area contributed by atoms with E-state index in [2.05, 4.69) is 0 Å². The van der Waals surface area contributed by atoms with Crippen LogP contribution in [0.15, 0.2) is 24.3 Å². The summed E-state index contributed by atoms with van der Waals surface area (Å²) < 4.78 is 73.3. The first-order chi connectivity index (χ1) is 9.00. The van der Waals surface area contributed by atoms with Crippen LogP contribution < -0.4 is 0 Å². The molecule has 0 radical (unpaired) electrons. The molecule has 1 atom stereocenters. The molecular formula is C12H13F6NO. The van der Waals surface area contributed by atoms with Gasteiger partial charge in [0.1, 0.15) is 0 Å². The summed E-state index contributed by atoms with van der Waals surface area (Å²) in [6.07, 6.45) is -11.6. The summed E-state index contributed by atoms with van der Waals surface area (Å²) in [5.74, 6) is 0. The Morgan fingerprint density at radius 2 is 1.55 bits per heavy atom. The SMILES string of the molecule is CN(Cc1ccc(C(F)(F)F)cc1)CC(O)C(F)(F)F. The fourth-order valence-electron chi connectivity index (χ4n) is 1.57. The van der Waals surface area contributed by atoms with Crippen LogP contribution in [0, 0.1) is 0 Å². The van der Waals surface area contributed by atoms with Crippen LogP contribution in [0.3, 0.4) is 0 Å². The Balaban J connectivity index is 2.61. The van der Waals surface area contributed by atoms with Gasteiger partial charge in [0.25, 0.3) is 0 Å². The third-order valence-corrected chi connectivity index (χ3v) is 2.60. The molecule has 20 heavy (non-hydrogen) atoms. The fraction of sp³-hybridized carbons (Fsp3) is 0.500. The van der Waals surface area contributed by atoms with Crippen molar-refractivity contribution < 1.29 is 31.4 Å². The zero-order valence-corrected chi connectivity index (χ0v) is 10.5. The highest BCUT2D eigenvalue weighted by atomic mass is 19.4. The molecule has 0 aromatic heterocycles. The first-order valence-electron chi connectivity index (χ1n) is 5.59. The molecule has 0 bridgehead atoms. The molecular weight excluding hydrogens is 288 g/mol. The Bertz CT molecular complexity index is 425. The van der Waals surface area contributed by atoms with Crippen molar-refractivity contribution >= 4 is 0 Å². The van der Waals surface area contributed by atoms with Crippen LogP contribution in [-0.2, 0) is 12.7 Å². The van der Waals surface area contributed by atoms with Gasteiger partial charge >= 0.3 is 12.4 Å². The van der Waals surface area contributed by atoms with E-state index in [1.165, 1.54) is 24.1 Å². The summed E-state index contributed by atoms with van der Waals surface area (Å²) in [6, 6.07) is 4.12. The molecule has 1 aromatic rings. The van der Waals surface area contributed by atoms with E-state index in [4.69, 9.17) is 5.11 Å². The van der Waals surface area contributed by atoms with Gasteiger partial charge in [-0.25, -0.2) is 0 Å². The smallest absolute Gasteiger partial charge is 0.382 e. The molecule has 0 saturated carbocycles. The van der Waals surface area contributed by atoms with E-state index >= 15 is 0 Å². The van der Waals surface area contributed by atoms with Crippen molar-refractivity contribution in [3.05, 3.63) is 35.4 Å². The minimum atomic E-state index is -4.71. The third kappa shape index (κ3) is 5.01. The lowest BCUT2D eigenvalue weighted by Crippen LogP contribution is -2.39. The largest absolute Gasteiger partial charge is 0.416 e. The summed E-state index contributed by atoms with van der Waals surface area (Å²) >= 11 is 0. The molecule has 114 valence electrons. The number of aliphatic hydroxyl groups excluding tert-OH is 1. The minimum Gasteiger partial charge on any atom is -0.382 e. The molecule has 0 aliphatic carbocycles. The molecule has 0 spiro atoms. The van der Waals surface area contributed by atoms with Crippen LogP contribution in [0.25, 0.3) is 0 Å². The van der Waals surface area contributed by atoms with Gasteiger partial charge in [-0.05, 0) is 24.7 Å². The minimum absolute atomic E-state index is 0.00524. The van der Waals surface area contributed by atoms with Gasteiger partial charge in [-0.15, -0.1) is 0 Å². The maximum Gasteiger partial charge on any atom is 0.416 e. The lowest BCUT2D eigenvalue weighted by atomic mass is 10.1. The van der Waals surface area contributed by atoms with Crippen molar-refractivity contribution in [2.75, 3.05) is 13.6 Å². The number of halogens is 6. The van der Waals surface area contributed by atoms with Gasteiger partial charge in [-0.1, -0.05) is 12.1 Å². The number of alkyl halides is 6. The second-order valence-electron chi connectivity index (χ2n) is 4.45. The Morgan fingerprint density at radius 1 is 1.05 bits per heavy atom. The number of benzene rings is 1. The standard InChI is InChI=1S/C12H13F6NO/c1-19(7-10(20)12(16,17)18)6-8-2-4-9(5-3-8)11(13,14)15/h2-5,10,20H,6-7H2,1H3. The number of aliphatic hydroxyl groups is 1. The fourth-order valence-corrected chi connectivity index (χ4v) is 1.57. The third-order valence-electron chi connectivity index (χ3n) is 2.60. The second-order valence-corrected chi connectivity index (χ2v) is 4.45. The van der Waals surface area contributed by atoms with Crippen LogP contribution in [-0.4, -0.2) is 35.9 Å².